The number of imidazole rings is 1. The van der Waals surface area contributed by atoms with Crippen molar-refractivity contribution in [2.75, 3.05) is 13.4 Å². The van der Waals surface area contributed by atoms with Crippen molar-refractivity contribution in [3.63, 3.8) is 0 Å². The summed E-state index contributed by atoms with van der Waals surface area (Å²) in [5.41, 5.74) is 1.11. The quantitative estimate of drug-likeness (QED) is 0.417. The van der Waals surface area contributed by atoms with Gasteiger partial charge in [-0.2, -0.15) is 0 Å². The predicted octanol–water partition coefficient (Wildman–Crippen LogP) is 6.30. The molecule has 0 fully saturated rings. The standard InChI is InChI=1S/C20H27ClFN3O3S2/c1-11(2)24(12(3)4)20(26)28-17(15-10-14(21)8-9-16(15)27-6)18-23-19(29-7)13(5)25(18)30-22/h8-12,17H,1-7H3. The Morgan fingerprint density at radius 3 is 2.40 bits per heavy atom. The van der Waals surface area contributed by atoms with E-state index in [2.05, 4.69) is 4.98 Å². The van der Waals surface area contributed by atoms with Crippen molar-refractivity contribution >= 4 is 41.8 Å². The number of nitrogens with zero attached hydrogens (tertiary/aromatic N) is 3. The van der Waals surface area contributed by atoms with Gasteiger partial charge in [-0.25, -0.2) is 13.8 Å². The highest BCUT2D eigenvalue weighted by Gasteiger charge is 2.33. The first-order valence-electron chi connectivity index (χ1n) is 9.40. The van der Waals surface area contributed by atoms with Crippen LogP contribution in [0.3, 0.4) is 0 Å². The molecule has 0 aliphatic rings. The summed E-state index contributed by atoms with van der Waals surface area (Å²) >= 11 is 7.62. The molecule has 10 heteroatoms. The zero-order valence-corrected chi connectivity index (χ0v) is 20.5. The van der Waals surface area contributed by atoms with Crippen molar-refractivity contribution in [3.05, 3.63) is 40.3 Å². The van der Waals surface area contributed by atoms with Crippen LogP contribution in [0.5, 0.6) is 5.75 Å². The largest absolute Gasteiger partial charge is 0.496 e. The van der Waals surface area contributed by atoms with E-state index in [0.717, 1.165) is 0 Å². The second kappa shape index (κ2) is 10.6. The molecule has 1 unspecified atom stereocenters. The first-order chi connectivity index (χ1) is 14.2. The lowest BCUT2D eigenvalue weighted by molar-refractivity contribution is 0.0542. The minimum Gasteiger partial charge on any atom is -0.496 e. The molecular weight excluding hydrogens is 449 g/mol. The third-order valence-corrected chi connectivity index (χ3v) is 6.16. The van der Waals surface area contributed by atoms with Crippen LogP contribution in [0.1, 0.15) is 50.9 Å². The van der Waals surface area contributed by atoms with Crippen LogP contribution in [0, 0.1) is 6.92 Å². The first kappa shape index (κ1) is 24.7. The van der Waals surface area contributed by atoms with E-state index in [4.69, 9.17) is 21.1 Å². The fourth-order valence-electron chi connectivity index (χ4n) is 3.28. The fourth-order valence-corrected chi connectivity index (χ4v) is 4.49. The van der Waals surface area contributed by atoms with E-state index in [1.54, 1.807) is 30.0 Å². The molecule has 0 aliphatic carbocycles. The van der Waals surface area contributed by atoms with Gasteiger partial charge in [-0.05, 0) is 59.1 Å². The molecule has 0 aliphatic heterocycles. The molecular formula is C20H27ClFN3O3S2. The van der Waals surface area contributed by atoms with Gasteiger partial charge in [0.05, 0.1) is 12.8 Å². The Labute approximate surface area is 190 Å². The number of carbonyl (C=O) groups is 1. The minimum atomic E-state index is -1.02. The minimum absolute atomic E-state index is 0.00911. The summed E-state index contributed by atoms with van der Waals surface area (Å²) in [6, 6.07) is 4.83. The maximum atomic E-state index is 13.9. The number of methoxy groups -OCH3 is 1. The zero-order chi connectivity index (χ0) is 22.6. The molecule has 30 heavy (non-hydrogen) atoms. The van der Waals surface area contributed by atoms with Crippen LogP contribution in [0.4, 0.5) is 8.68 Å². The Bertz CT molecular complexity index is 884. The summed E-state index contributed by atoms with van der Waals surface area (Å²) in [5, 5.41) is 1.08. The van der Waals surface area contributed by atoms with Crippen LogP contribution >= 0.6 is 35.7 Å². The number of hydrogen-bond acceptors (Lipinski definition) is 6. The summed E-state index contributed by atoms with van der Waals surface area (Å²) in [6.07, 6.45) is 0.301. The van der Waals surface area contributed by atoms with Crippen LogP contribution in [0.2, 0.25) is 5.02 Å². The maximum absolute atomic E-state index is 13.9. The molecule has 0 bridgehead atoms. The second-order valence-corrected chi connectivity index (χ2v) is 8.91. The molecule has 0 spiro atoms. The van der Waals surface area contributed by atoms with Crippen LogP contribution in [-0.2, 0) is 4.74 Å². The van der Waals surface area contributed by atoms with Crippen molar-refractivity contribution in [2.24, 2.45) is 0 Å². The molecule has 0 saturated carbocycles. The van der Waals surface area contributed by atoms with Gasteiger partial charge in [-0.1, -0.05) is 11.6 Å². The molecule has 0 saturated heterocycles. The average molecular weight is 476 g/mol. The Morgan fingerprint density at radius 2 is 1.90 bits per heavy atom. The summed E-state index contributed by atoms with van der Waals surface area (Å²) in [6.45, 7) is 9.39. The number of hydrogen-bond donors (Lipinski definition) is 0. The lowest BCUT2D eigenvalue weighted by atomic mass is 10.1. The number of ether oxygens (including phenoxy) is 2. The van der Waals surface area contributed by atoms with Crippen molar-refractivity contribution in [2.45, 2.75) is 57.8 Å². The molecule has 1 amide bonds. The van der Waals surface area contributed by atoms with E-state index in [-0.39, 0.29) is 30.2 Å². The molecule has 0 radical (unpaired) electrons. The third kappa shape index (κ3) is 5.18. The van der Waals surface area contributed by atoms with Gasteiger partial charge in [0.1, 0.15) is 10.8 Å². The lowest BCUT2D eigenvalue weighted by Crippen LogP contribution is -2.43. The molecule has 166 valence electrons. The average Bonchev–Trinajstić information content (AvgIpc) is 3.00. The molecule has 1 aromatic heterocycles. The number of benzene rings is 1. The zero-order valence-electron chi connectivity index (χ0n) is 18.1. The molecule has 2 rings (SSSR count). The van der Waals surface area contributed by atoms with E-state index in [1.165, 1.54) is 22.8 Å². The predicted molar refractivity (Wildman–Crippen MR) is 121 cm³/mol. The van der Waals surface area contributed by atoms with Gasteiger partial charge in [-0.15, -0.1) is 15.6 Å². The summed E-state index contributed by atoms with van der Waals surface area (Å²) in [4.78, 5) is 19.3. The maximum Gasteiger partial charge on any atom is 0.411 e. The highest BCUT2D eigenvalue weighted by molar-refractivity contribution is 7.98. The summed E-state index contributed by atoms with van der Waals surface area (Å²) < 4.78 is 26.6. The number of aromatic nitrogens is 2. The van der Waals surface area contributed by atoms with Crippen LogP contribution in [0.25, 0.3) is 0 Å². The van der Waals surface area contributed by atoms with E-state index in [9.17, 15) is 8.68 Å². The molecule has 1 atom stereocenters. The second-order valence-electron chi connectivity index (χ2n) is 7.17. The number of amides is 1. The van der Waals surface area contributed by atoms with Crippen molar-refractivity contribution < 1.29 is 18.2 Å². The van der Waals surface area contributed by atoms with Crippen LogP contribution in [0.15, 0.2) is 23.2 Å². The van der Waals surface area contributed by atoms with E-state index >= 15 is 0 Å². The lowest BCUT2D eigenvalue weighted by Gasteiger charge is -2.31. The van der Waals surface area contributed by atoms with E-state index in [0.29, 0.717) is 27.1 Å². The molecule has 2 aromatic rings. The monoisotopic (exact) mass is 475 g/mol. The van der Waals surface area contributed by atoms with Crippen LogP contribution < -0.4 is 4.74 Å². The topological polar surface area (TPSA) is 56.6 Å². The first-order valence-corrected chi connectivity index (χ1v) is 11.7. The van der Waals surface area contributed by atoms with Gasteiger partial charge < -0.3 is 14.4 Å². The molecule has 0 N–H and O–H groups in total. The number of halogens is 2. The van der Waals surface area contributed by atoms with Crippen molar-refractivity contribution in [1.82, 2.24) is 13.9 Å². The summed E-state index contributed by atoms with van der Waals surface area (Å²) in [7, 11) is 1.51. The van der Waals surface area contributed by atoms with Gasteiger partial charge >= 0.3 is 6.09 Å². The fraction of sp³-hybridized carbons (Fsp3) is 0.500. The smallest absolute Gasteiger partial charge is 0.411 e. The molecule has 6 nitrogen and oxygen atoms in total. The summed E-state index contributed by atoms with van der Waals surface area (Å²) in [5.74, 6) is 0.699. The SMILES string of the molecule is COc1ccc(Cl)cc1C(OC(=O)N(C(C)C)C(C)C)c1nc(SC)c(C)n1SF. The number of rotatable bonds is 8. The normalized spacial score (nSPS) is 12.4. The Kier molecular flexibility index (Phi) is 8.75. The number of carbonyl (C=O) groups excluding carboxylic acids is 1. The Morgan fingerprint density at radius 1 is 1.27 bits per heavy atom. The van der Waals surface area contributed by atoms with E-state index < -0.39 is 12.2 Å². The highest BCUT2D eigenvalue weighted by Crippen LogP contribution is 2.38. The van der Waals surface area contributed by atoms with Gasteiger partial charge in [-0.3, -0.25) is 0 Å². The van der Waals surface area contributed by atoms with Crippen LogP contribution in [-0.4, -0.2) is 45.4 Å². The van der Waals surface area contributed by atoms with Crippen molar-refractivity contribution in [1.29, 1.82) is 0 Å². The Hall–Kier alpha value is -1.58. The van der Waals surface area contributed by atoms with E-state index in [1.807, 2.05) is 34.0 Å². The van der Waals surface area contributed by atoms with Crippen molar-refractivity contribution in [3.8, 4) is 5.75 Å². The Balaban J connectivity index is 2.66. The van der Waals surface area contributed by atoms with Gasteiger partial charge in [0, 0.05) is 22.7 Å². The molecule has 1 heterocycles. The van der Waals surface area contributed by atoms with Gasteiger partial charge in [0.2, 0.25) is 0 Å². The molecule has 1 aromatic carbocycles. The van der Waals surface area contributed by atoms with Gasteiger partial charge in [0.25, 0.3) is 0 Å². The van der Waals surface area contributed by atoms with Gasteiger partial charge in [0.15, 0.2) is 24.3 Å². The third-order valence-electron chi connectivity index (χ3n) is 4.55. The number of thioether (sulfide) groups is 1. The highest BCUT2D eigenvalue weighted by atomic mass is 35.5.